The molecule has 5 aromatic rings. The highest BCUT2D eigenvalue weighted by molar-refractivity contribution is 5.80. The first-order valence-corrected chi connectivity index (χ1v) is 13.6. The van der Waals surface area contributed by atoms with E-state index >= 15 is 0 Å². The summed E-state index contributed by atoms with van der Waals surface area (Å²) in [6.45, 7) is 9.57. The minimum atomic E-state index is -0.605. The molecule has 0 bridgehead atoms. The van der Waals surface area contributed by atoms with Gasteiger partial charge in [0.05, 0.1) is 17.5 Å². The molecule has 0 spiro atoms. The van der Waals surface area contributed by atoms with Gasteiger partial charge < -0.3 is 0 Å². The van der Waals surface area contributed by atoms with Crippen LogP contribution in [-0.2, 0) is 17.7 Å². The van der Waals surface area contributed by atoms with Gasteiger partial charge in [0.2, 0.25) is 5.78 Å². The first-order valence-electron chi connectivity index (χ1n) is 13.6. The van der Waals surface area contributed by atoms with Crippen LogP contribution >= 0.6 is 0 Å². The van der Waals surface area contributed by atoms with Crippen molar-refractivity contribution in [2.75, 3.05) is 0 Å². The van der Waals surface area contributed by atoms with E-state index in [0.29, 0.717) is 41.5 Å². The van der Waals surface area contributed by atoms with Gasteiger partial charge in [0.25, 0.3) is 5.56 Å². The van der Waals surface area contributed by atoms with E-state index in [9.17, 15) is 9.59 Å². The highest BCUT2D eigenvalue weighted by Crippen LogP contribution is 2.30. The summed E-state index contributed by atoms with van der Waals surface area (Å²) in [5.41, 5.74) is 8.48. The second kappa shape index (κ2) is 11.8. The molecular formula is C30H33N7O4. The first kappa shape index (κ1) is 27.8. The number of aromatic amines is 1. The Morgan fingerprint density at radius 1 is 1.12 bits per heavy atom. The van der Waals surface area contributed by atoms with Crippen LogP contribution < -0.4 is 16.8 Å². The zero-order chi connectivity index (χ0) is 29.1. The fourth-order valence-corrected chi connectivity index (χ4v) is 4.74. The molecule has 0 aliphatic carbocycles. The van der Waals surface area contributed by atoms with E-state index in [0.717, 1.165) is 34.4 Å². The molecule has 0 saturated carbocycles. The summed E-state index contributed by atoms with van der Waals surface area (Å²) in [5.74, 6) is 0.809. The normalized spacial score (nSPS) is 12.0. The average molecular weight is 556 g/mol. The lowest BCUT2D eigenvalue weighted by Crippen LogP contribution is -2.28. The molecule has 0 radical (unpaired) electrons. The molecule has 0 aliphatic heterocycles. The molecule has 0 saturated heterocycles. The van der Waals surface area contributed by atoms with Gasteiger partial charge >= 0.3 is 5.76 Å². The molecule has 0 atom stereocenters. The number of H-pyrrole nitrogens is 1. The van der Waals surface area contributed by atoms with Crippen LogP contribution in [0.1, 0.15) is 56.8 Å². The van der Waals surface area contributed by atoms with E-state index in [1.54, 1.807) is 10.7 Å². The number of aromatic nitrogens is 6. The van der Waals surface area contributed by atoms with Crippen molar-refractivity contribution in [1.82, 2.24) is 34.8 Å². The quantitative estimate of drug-likeness (QED) is 0.241. The van der Waals surface area contributed by atoms with Crippen LogP contribution in [0.15, 0.2) is 68.3 Å². The van der Waals surface area contributed by atoms with E-state index in [4.69, 9.17) is 9.36 Å². The summed E-state index contributed by atoms with van der Waals surface area (Å²) in [6.07, 6.45) is 3.62. The highest BCUT2D eigenvalue weighted by Gasteiger charge is 2.19. The number of nitrogens with zero attached hydrogens (tertiary/aromatic N) is 5. The van der Waals surface area contributed by atoms with Gasteiger partial charge in [0, 0.05) is 23.7 Å². The summed E-state index contributed by atoms with van der Waals surface area (Å²) < 4.78 is 8.02. The Morgan fingerprint density at radius 2 is 1.85 bits per heavy atom. The van der Waals surface area contributed by atoms with Gasteiger partial charge in [-0.3, -0.25) is 24.6 Å². The highest BCUT2D eigenvalue weighted by atomic mass is 16.7. The Balaban J connectivity index is 1.55. The SMILES string of the molecule is CCCc1c(Cc2ccc(-c3ccccc3-c3noc(=O)[nH]3)cc2)c(=O)n(/C=C(/C)NOC(C)C)c2nc(C)nn12. The van der Waals surface area contributed by atoms with Crippen molar-refractivity contribution < 1.29 is 9.36 Å². The van der Waals surface area contributed by atoms with Gasteiger partial charge in [-0.2, -0.15) is 10.1 Å². The van der Waals surface area contributed by atoms with Crippen LogP contribution in [0.5, 0.6) is 0 Å². The van der Waals surface area contributed by atoms with Crippen LogP contribution in [0.25, 0.3) is 34.5 Å². The molecule has 5 rings (SSSR count). The number of fused-ring (bicyclic) bond motifs is 1. The molecule has 0 aliphatic rings. The first-order chi connectivity index (χ1) is 19.7. The lowest BCUT2D eigenvalue weighted by Gasteiger charge is -2.15. The number of benzene rings is 2. The van der Waals surface area contributed by atoms with Crippen molar-refractivity contribution in [1.29, 1.82) is 0 Å². The van der Waals surface area contributed by atoms with E-state index in [1.165, 1.54) is 4.57 Å². The minimum Gasteiger partial charge on any atom is -0.296 e. The fourth-order valence-electron chi connectivity index (χ4n) is 4.74. The maximum absolute atomic E-state index is 14.0. The summed E-state index contributed by atoms with van der Waals surface area (Å²) in [7, 11) is 0. The Labute approximate surface area is 236 Å². The fraction of sp³-hybridized carbons (Fsp3) is 0.300. The molecule has 3 heterocycles. The van der Waals surface area contributed by atoms with Crippen molar-refractivity contribution in [3.05, 3.63) is 97.8 Å². The van der Waals surface area contributed by atoms with Gasteiger partial charge in [0.15, 0.2) is 5.82 Å². The minimum absolute atomic E-state index is 0.0268. The maximum atomic E-state index is 14.0. The number of nitrogens with one attached hydrogen (secondary N) is 2. The van der Waals surface area contributed by atoms with Gasteiger partial charge in [-0.25, -0.2) is 13.9 Å². The summed E-state index contributed by atoms with van der Waals surface area (Å²) >= 11 is 0. The smallest absolute Gasteiger partial charge is 0.296 e. The van der Waals surface area contributed by atoms with Gasteiger partial charge in [0.1, 0.15) is 5.82 Å². The molecule has 0 unspecified atom stereocenters. The largest absolute Gasteiger partial charge is 0.439 e. The number of aryl methyl sites for hydroxylation is 2. The Morgan fingerprint density at radius 3 is 2.51 bits per heavy atom. The maximum Gasteiger partial charge on any atom is 0.439 e. The number of hydrogen-bond donors (Lipinski definition) is 2. The summed E-state index contributed by atoms with van der Waals surface area (Å²) in [6, 6.07) is 15.7. The van der Waals surface area contributed by atoms with Crippen molar-refractivity contribution in [3.8, 4) is 22.5 Å². The zero-order valence-electron chi connectivity index (χ0n) is 23.8. The number of hydroxylamine groups is 1. The topological polar surface area (TPSA) is 132 Å². The molecule has 3 aromatic heterocycles. The Bertz CT molecular complexity index is 1820. The van der Waals surface area contributed by atoms with Crippen LogP contribution in [-0.4, -0.2) is 35.4 Å². The molecule has 11 heteroatoms. The molecule has 0 fully saturated rings. The third-order valence-corrected chi connectivity index (χ3v) is 6.53. The van der Waals surface area contributed by atoms with E-state index < -0.39 is 5.76 Å². The number of hydrogen-bond acceptors (Lipinski definition) is 8. The van der Waals surface area contributed by atoms with Gasteiger partial charge in [-0.15, -0.1) is 0 Å². The molecule has 2 aromatic carbocycles. The predicted molar refractivity (Wildman–Crippen MR) is 156 cm³/mol. The van der Waals surface area contributed by atoms with E-state index in [2.05, 4.69) is 32.6 Å². The van der Waals surface area contributed by atoms with Crippen molar-refractivity contribution in [2.24, 2.45) is 0 Å². The van der Waals surface area contributed by atoms with Crippen LogP contribution in [0.2, 0.25) is 0 Å². The molecule has 2 N–H and O–H groups in total. The Hall–Kier alpha value is -4.77. The average Bonchev–Trinajstić information content (AvgIpc) is 3.57. The summed E-state index contributed by atoms with van der Waals surface area (Å²) in [5, 5.41) is 8.48. The lowest BCUT2D eigenvalue weighted by molar-refractivity contribution is 0.0144. The van der Waals surface area contributed by atoms with Crippen molar-refractivity contribution in [3.63, 3.8) is 0 Å². The van der Waals surface area contributed by atoms with E-state index in [1.807, 2.05) is 76.2 Å². The molecule has 212 valence electrons. The monoisotopic (exact) mass is 555 g/mol. The molecular weight excluding hydrogens is 522 g/mol. The predicted octanol–water partition coefficient (Wildman–Crippen LogP) is 4.50. The second-order valence-electron chi connectivity index (χ2n) is 10.2. The van der Waals surface area contributed by atoms with Gasteiger partial charge in [-0.1, -0.05) is 67.0 Å². The van der Waals surface area contributed by atoms with Gasteiger partial charge in [-0.05, 0) is 50.8 Å². The molecule has 11 nitrogen and oxygen atoms in total. The van der Waals surface area contributed by atoms with Crippen molar-refractivity contribution >= 4 is 12.0 Å². The number of rotatable bonds is 10. The van der Waals surface area contributed by atoms with Crippen LogP contribution in [0, 0.1) is 6.92 Å². The van der Waals surface area contributed by atoms with E-state index in [-0.39, 0.29) is 11.7 Å². The third kappa shape index (κ3) is 5.90. The molecule has 41 heavy (non-hydrogen) atoms. The zero-order valence-corrected chi connectivity index (χ0v) is 23.8. The molecule has 0 amide bonds. The van der Waals surface area contributed by atoms with Crippen LogP contribution in [0.3, 0.4) is 0 Å². The number of allylic oxidation sites excluding steroid dienone is 1. The lowest BCUT2D eigenvalue weighted by atomic mass is 9.96. The summed E-state index contributed by atoms with van der Waals surface area (Å²) in [4.78, 5) is 38.2. The standard InChI is InChI=1S/C30H33N7O4/c1-6-9-26-25(28(38)36(17-19(4)34-40-18(2)3)29-31-20(5)33-37(26)29)16-21-12-14-22(15-13-21)23-10-7-8-11-24(23)27-32-30(39)41-35-27/h7-8,10-15,17-18,34H,6,9,16H2,1-5H3,(H,32,35,39)/b19-17-. The van der Waals surface area contributed by atoms with Crippen molar-refractivity contribution in [2.45, 2.75) is 60.0 Å². The Kier molecular flexibility index (Phi) is 7.97. The van der Waals surface area contributed by atoms with Crippen LogP contribution in [0.4, 0.5) is 0 Å². The second-order valence-corrected chi connectivity index (χ2v) is 10.2. The third-order valence-electron chi connectivity index (χ3n) is 6.53.